The molecule has 0 saturated heterocycles. The summed E-state index contributed by atoms with van der Waals surface area (Å²) in [7, 11) is 0. The molecule has 278 valence electrons. The molecule has 0 aromatic heterocycles. The van der Waals surface area contributed by atoms with Crippen molar-refractivity contribution in [3.05, 3.63) is 168 Å². The van der Waals surface area contributed by atoms with Crippen molar-refractivity contribution in [2.75, 3.05) is 9.80 Å². The lowest BCUT2D eigenvalue weighted by atomic mass is 9.85. The van der Waals surface area contributed by atoms with E-state index in [9.17, 15) is 26.3 Å². The molecule has 7 aromatic carbocycles. The molecular weight excluding hydrogens is 759 g/mol. The van der Waals surface area contributed by atoms with E-state index in [1.165, 1.54) is 24.3 Å². The first-order valence-corrected chi connectivity index (χ1v) is 19.4. The predicted octanol–water partition coefficient (Wildman–Crippen LogP) is 15.5. The lowest BCUT2D eigenvalue weighted by Gasteiger charge is -2.40. The number of anilines is 6. The maximum atomic E-state index is 14.0. The SMILES string of the molecule is Cc1c(-c2ccc(C(F)(F)F)cc2)c(N2c3ccccc3Sc3ccccc32)c(C)c(N2c3ccccc3Sc3ccccc32)c1-c1ccc(C(F)(F)F)cc1. The summed E-state index contributed by atoms with van der Waals surface area (Å²) in [6.45, 7) is 3.92. The Hall–Kier alpha value is -5.58. The monoisotopic (exact) mass is 788 g/mol. The van der Waals surface area contributed by atoms with Crippen LogP contribution in [0.3, 0.4) is 0 Å². The molecule has 0 bridgehead atoms. The molecule has 0 amide bonds. The summed E-state index contributed by atoms with van der Waals surface area (Å²) in [5, 5.41) is 0. The first-order valence-electron chi connectivity index (χ1n) is 17.7. The molecular formula is C46H30F6N2S2. The van der Waals surface area contributed by atoms with Crippen molar-refractivity contribution in [1.82, 2.24) is 0 Å². The van der Waals surface area contributed by atoms with Gasteiger partial charge in [-0.15, -0.1) is 0 Å². The van der Waals surface area contributed by atoms with Gasteiger partial charge in [0.25, 0.3) is 0 Å². The molecule has 56 heavy (non-hydrogen) atoms. The van der Waals surface area contributed by atoms with E-state index < -0.39 is 23.5 Å². The minimum absolute atomic E-state index is 0.538. The fraction of sp³-hybridized carbons (Fsp3) is 0.0870. The molecule has 7 aromatic rings. The van der Waals surface area contributed by atoms with Crippen LogP contribution in [0, 0.1) is 13.8 Å². The first kappa shape index (κ1) is 36.1. The summed E-state index contributed by atoms with van der Waals surface area (Å²) in [4.78, 5) is 8.38. The van der Waals surface area contributed by atoms with Gasteiger partial charge in [-0.05, 0) is 109 Å². The van der Waals surface area contributed by atoms with Gasteiger partial charge in [0.15, 0.2) is 0 Å². The Kier molecular flexibility index (Phi) is 8.74. The van der Waals surface area contributed by atoms with Gasteiger partial charge >= 0.3 is 12.4 Å². The fourth-order valence-electron chi connectivity index (χ4n) is 7.78. The van der Waals surface area contributed by atoms with E-state index in [0.29, 0.717) is 27.8 Å². The Morgan fingerprint density at radius 1 is 0.375 bits per heavy atom. The zero-order valence-corrected chi connectivity index (χ0v) is 31.5. The second-order valence-corrected chi connectivity index (χ2v) is 15.8. The molecule has 2 nitrogen and oxygen atoms in total. The maximum Gasteiger partial charge on any atom is 0.416 e. The highest BCUT2D eigenvalue weighted by molar-refractivity contribution is 8.00. The predicted molar refractivity (Wildman–Crippen MR) is 214 cm³/mol. The van der Waals surface area contributed by atoms with Crippen molar-refractivity contribution in [3.63, 3.8) is 0 Å². The second kappa shape index (κ2) is 13.6. The van der Waals surface area contributed by atoms with Crippen molar-refractivity contribution in [1.29, 1.82) is 0 Å². The van der Waals surface area contributed by atoms with Gasteiger partial charge in [-0.1, -0.05) is 96.3 Å². The van der Waals surface area contributed by atoms with E-state index in [4.69, 9.17) is 0 Å². The third kappa shape index (κ3) is 6.03. The van der Waals surface area contributed by atoms with Gasteiger partial charge in [-0.25, -0.2) is 0 Å². The second-order valence-electron chi connectivity index (χ2n) is 13.6. The summed E-state index contributed by atoms with van der Waals surface area (Å²) in [6, 6.07) is 42.4. The van der Waals surface area contributed by atoms with Crippen LogP contribution in [0.15, 0.2) is 165 Å². The molecule has 2 heterocycles. The van der Waals surface area contributed by atoms with Gasteiger partial charge in [-0.2, -0.15) is 26.3 Å². The highest BCUT2D eigenvalue weighted by Crippen LogP contribution is 2.60. The zero-order valence-electron chi connectivity index (χ0n) is 29.8. The number of nitrogens with zero attached hydrogens (tertiary/aromatic N) is 2. The number of para-hydroxylation sites is 4. The van der Waals surface area contributed by atoms with Crippen LogP contribution in [0.5, 0.6) is 0 Å². The summed E-state index contributed by atoms with van der Waals surface area (Å²) in [6.07, 6.45) is -9.09. The molecule has 0 fully saturated rings. The van der Waals surface area contributed by atoms with Gasteiger partial charge < -0.3 is 9.80 Å². The zero-order chi connectivity index (χ0) is 38.9. The average Bonchev–Trinajstić information content (AvgIpc) is 3.19. The van der Waals surface area contributed by atoms with Crippen LogP contribution in [-0.2, 0) is 12.4 Å². The van der Waals surface area contributed by atoms with Crippen LogP contribution in [0.25, 0.3) is 22.3 Å². The normalized spacial score (nSPS) is 13.5. The molecule has 0 atom stereocenters. The molecule has 0 N–H and O–H groups in total. The summed E-state index contributed by atoms with van der Waals surface area (Å²) in [5.74, 6) is 0. The highest BCUT2D eigenvalue weighted by Gasteiger charge is 2.37. The number of halogens is 6. The molecule has 0 aliphatic carbocycles. The maximum absolute atomic E-state index is 14.0. The standard InChI is InChI=1S/C46H30F6N2S2/c1-27-41(29-19-23-31(24-20-29)45(47,48)49)43(53-33-11-3-7-15-37(33)55-38-16-8-4-12-34(38)53)28(2)44(42(27)30-21-25-32(26-22-30)46(50,51)52)54-35-13-5-9-17-39(35)56-40-18-10-6-14-36(40)54/h3-26H,1-2H3. The van der Waals surface area contributed by atoms with Crippen molar-refractivity contribution in [2.45, 2.75) is 45.8 Å². The Bertz CT molecular complexity index is 2380. The van der Waals surface area contributed by atoms with Crippen LogP contribution in [-0.4, -0.2) is 0 Å². The van der Waals surface area contributed by atoms with E-state index in [1.54, 1.807) is 23.5 Å². The summed E-state index contributed by atoms with van der Waals surface area (Å²) >= 11 is 3.29. The molecule has 2 aliphatic heterocycles. The Morgan fingerprint density at radius 3 is 0.946 bits per heavy atom. The molecule has 0 saturated carbocycles. The third-order valence-corrected chi connectivity index (χ3v) is 12.5. The molecule has 2 aliphatic rings. The minimum atomic E-state index is -4.55. The smallest absolute Gasteiger partial charge is 0.307 e. The minimum Gasteiger partial charge on any atom is -0.307 e. The van der Waals surface area contributed by atoms with E-state index in [-0.39, 0.29) is 0 Å². The molecule has 10 heteroatoms. The number of hydrogen-bond donors (Lipinski definition) is 0. The van der Waals surface area contributed by atoms with Crippen molar-refractivity contribution < 1.29 is 26.3 Å². The molecule has 0 spiro atoms. The van der Waals surface area contributed by atoms with Crippen molar-refractivity contribution in [3.8, 4) is 22.3 Å². The lowest BCUT2D eigenvalue weighted by Crippen LogP contribution is -2.22. The fourth-order valence-corrected chi connectivity index (χ4v) is 9.89. The quantitative estimate of drug-likeness (QED) is 0.164. The number of hydrogen-bond acceptors (Lipinski definition) is 4. The largest absolute Gasteiger partial charge is 0.416 e. The third-order valence-electron chi connectivity index (χ3n) is 10.2. The summed E-state index contributed by atoms with van der Waals surface area (Å²) < 4.78 is 83.8. The van der Waals surface area contributed by atoms with Gasteiger partial charge in [0, 0.05) is 30.7 Å². The number of rotatable bonds is 4. The highest BCUT2D eigenvalue weighted by atomic mass is 32.2. The van der Waals surface area contributed by atoms with Crippen molar-refractivity contribution >= 4 is 57.6 Å². The Morgan fingerprint density at radius 2 is 0.661 bits per heavy atom. The summed E-state index contributed by atoms with van der Waals surface area (Å²) in [5.41, 5.74) is 7.43. The van der Waals surface area contributed by atoms with Crippen LogP contribution >= 0.6 is 23.5 Å². The van der Waals surface area contributed by atoms with E-state index >= 15 is 0 Å². The van der Waals surface area contributed by atoms with Crippen molar-refractivity contribution in [2.24, 2.45) is 0 Å². The first-order chi connectivity index (χ1) is 26.9. The molecule has 0 radical (unpaired) electrons. The number of alkyl halides is 6. The van der Waals surface area contributed by atoms with Gasteiger partial charge in [0.1, 0.15) is 0 Å². The van der Waals surface area contributed by atoms with Crippen LogP contribution in [0.1, 0.15) is 22.3 Å². The molecule has 0 unspecified atom stereocenters. The Labute approximate surface area is 328 Å². The molecule has 9 rings (SSSR count). The van der Waals surface area contributed by atoms with Gasteiger partial charge in [0.05, 0.1) is 45.3 Å². The van der Waals surface area contributed by atoms with Crippen LogP contribution in [0.2, 0.25) is 0 Å². The van der Waals surface area contributed by atoms with Crippen LogP contribution < -0.4 is 9.80 Å². The topological polar surface area (TPSA) is 6.48 Å². The number of benzene rings is 7. The van der Waals surface area contributed by atoms with E-state index in [2.05, 4.69) is 34.1 Å². The van der Waals surface area contributed by atoms with E-state index in [0.717, 1.165) is 83.5 Å². The van der Waals surface area contributed by atoms with Gasteiger partial charge in [0.2, 0.25) is 0 Å². The Balaban J connectivity index is 1.45. The van der Waals surface area contributed by atoms with Crippen LogP contribution in [0.4, 0.5) is 60.5 Å². The van der Waals surface area contributed by atoms with E-state index in [1.807, 2.05) is 86.6 Å². The average molecular weight is 789 g/mol. The van der Waals surface area contributed by atoms with Gasteiger partial charge in [-0.3, -0.25) is 0 Å². The number of fused-ring (bicyclic) bond motifs is 4. The lowest BCUT2D eigenvalue weighted by molar-refractivity contribution is -0.138.